The standard InChI is InChI=1S/C16H21NO/c18-16(15-10-3-4-11-17-15)14-9-2-1-8-13(14)12-6-5-7-12/h1-2,8-9,12,15,17H,3-7,10-11H2. The second-order valence-electron chi connectivity index (χ2n) is 5.58. The number of rotatable bonds is 3. The Morgan fingerprint density at radius 3 is 2.56 bits per heavy atom. The van der Waals surface area contributed by atoms with Crippen LogP contribution in [0, 0.1) is 0 Å². The van der Waals surface area contributed by atoms with Crippen LogP contribution in [-0.4, -0.2) is 18.4 Å². The minimum Gasteiger partial charge on any atom is -0.307 e. The largest absolute Gasteiger partial charge is 0.307 e. The molecule has 0 bridgehead atoms. The fourth-order valence-corrected chi connectivity index (χ4v) is 3.06. The normalized spacial score (nSPS) is 24.6. The van der Waals surface area contributed by atoms with E-state index in [1.807, 2.05) is 12.1 Å². The summed E-state index contributed by atoms with van der Waals surface area (Å²) < 4.78 is 0. The van der Waals surface area contributed by atoms with Crippen LogP contribution in [0.1, 0.15) is 60.4 Å². The molecule has 1 aliphatic heterocycles. The molecule has 1 aromatic rings. The predicted molar refractivity (Wildman–Crippen MR) is 73.0 cm³/mol. The van der Waals surface area contributed by atoms with Gasteiger partial charge < -0.3 is 5.32 Å². The van der Waals surface area contributed by atoms with Crippen LogP contribution < -0.4 is 5.32 Å². The highest BCUT2D eigenvalue weighted by atomic mass is 16.1. The van der Waals surface area contributed by atoms with E-state index in [4.69, 9.17) is 0 Å². The fourth-order valence-electron chi connectivity index (χ4n) is 3.06. The van der Waals surface area contributed by atoms with Crippen LogP contribution in [0.5, 0.6) is 0 Å². The highest BCUT2D eigenvalue weighted by Gasteiger charge is 2.28. The van der Waals surface area contributed by atoms with Crippen molar-refractivity contribution in [3.63, 3.8) is 0 Å². The van der Waals surface area contributed by atoms with E-state index in [2.05, 4.69) is 17.4 Å². The quantitative estimate of drug-likeness (QED) is 0.825. The molecule has 0 spiro atoms. The second kappa shape index (κ2) is 5.23. The summed E-state index contributed by atoms with van der Waals surface area (Å²) in [5.74, 6) is 0.950. The summed E-state index contributed by atoms with van der Waals surface area (Å²) in [6.45, 7) is 0.988. The Kier molecular flexibility index (Phi) is 3.46. The van der Waals surface area contributed by atoms with Crippen molar-refractivity contribution in [2.24, 2.45) is 0 Å². The molecule has 2 heteroatoms. The van der Waals surface area contributed by atoms with Crippen molar-refractivity contribution in [3.05, 3.63) is 35.4 Å². The molecule has 0 aromatic heterocycles. The number of benzene rings is 1. The van der Waals surface area contributed by atoms with Gasteiger partial charge in [0, 0.05) is 5.56 Å². The second-order valence-corrected chi connectivity index (χ2v) is 5.58. The molecule has 1 unspecified atom stereocenters. The van der Waals surface area contributed by atoms with Crippen molar-refractivity contribution in [1.82, 2.24) is 5.32 Å². The van der Waals surface area contributed by atoms with Crippen molar-refractivity contribution < 1.29 is 4.79 Å². The number of hydrogen-bond donors (Lipinski definition) is 1. The molecule has 2 fully saturated rings. The third kappa shape index (κ3) is 2.22. The van der Waals surface area contributed by atoms with E-state index in [0.717, 1.165) is 18.5 Å². The average Bonchev–Trinajstić information content (AvgIpc) is 2.38. The number of ketones is 1. The molecule has 1 N–H and O–H groups in total. The molecule has 1 aliphatic carbocycles. The lowest BCUT2D eigenvalue weighted by molar-refractivity contribution is 0.0925. The minimum atomic E-state index is 0.0555. The summed E-state index contributed by atoms with van der Waals surface area (Å²) in [4.78, 5) is 12.6. The molecule has 3 rings (SSSR count). The van der Waals surface area contributed by atoms with Crippen LogP contribution in [0.4, 0.5) is 0 Å². The highest BCUT2D eigenvalue weighted by Crippen LogP contribution is 2.38. The van der Waals surface area contributed by atoms with E-state index in [0.29, 0.717) is 11.7 Å². The van der Waals surface area contributed by atoms with Crippen molar-refractivity contribution in [3.8, 4) is 0 Å². The molecule has 1 saturated heterocycles. The highest BCUT2D eigenvalue weighted by molar-refractivity contribution is 6.01. The zero-order valence-corrected chi connectivity index (χ0v) is 10.8. The minimum absolute atomic E-state index is 0.0555. The van der Waals surface area contributed by atoms with Crippen molar-refractivity contribution in [2.45, 2.75) is 50.5 Å². The van der Waals surface area contributed by atoms with Gasteiger partial charge in [-0.05, 0) is 43.7 Å². The van der Waals surface area contributed by atoms with Crippen LogP contribution in [0.25, 0.3) is 0 Å². The Labute approximate surface area is 109 Å². The number of carbonyl (C=O) groups excluding carboxylic acids is 1. The lowest BCUT2D eigenvalue weighted by Gasteiger charge is -2.29. The Morgan fingerprint density at radius 1 is 1.06 bits per heavy atom. The van der Waals surface area contributed by atoms with E-state index >= 15 is 0 Å². The monoisotopic (exact) mass is 243 g/mol. The summed E-state index contributed by atoms with van der Waals surface area (Å²) in [7, 11) is 0. The molecular formula is C16H21NO. The Hall–Kier alpha value is -1.15. The number of nitrogens with one attached hydrogen (secondary N) is 1. The Bertz CT molecular complexity index is 430. The van der Waals surface area contributed by atoms with Gasteiger partial charge >= 0.3 is 0 Å². The topological polar surface area (TPSA) is 29.1 Å². The fraction of sp³-hybridized carbons (Fsp3) is 0.562. The molecule has 1 heterocycles. The van der Waals surface area contributed by atoms with Crippen LogP contribution in [0.3, 0.4) is 0 Å². The molecule has 2 aliphatic rings. The van der Waals surface area contributed by atoms with Crippen molar-refractivity contribution in [2.75, 3.05) is 6.54 Å². The van der Waals surface area contributed by atoms with Gasteiger partial charge in [0.25, 0.3) is 0 Å². The van der Waals surface area contributed by atoms with Crippen molar-refractivity contribution >= 4 is 5.78 Å². The summed E-state index contributed by atoms with van der Waals surface area (Å²) in [5.41, 5.74) is 2.27. The molecule has 2 nitrogen and oxygen atoms in total. The summed E-state index contributed by atoms with van der Waals surface area (Å²) >= 11 is 0. The third-order valence-electron chi connectivity index (χ3n) is 4.40. The Balaban J connectivity index is 1.83. The molecule has 0 radical (unpaired) electrons. The van der Waals surface area contributed by atoms with E-state index in [1.54, 1.807) is 0 Å². The van der Waals surface area contributed by atoms with Crippen LogP contribution in [-0.2, 0) is 0 Å². The first kappa shape index (κ1) is 11.9. The van der Waals surface area contributed by atoms with Gasteiger partial charge in [0.2, 0.25) is 0 Å². The average molecular weight is 243 g/mol. The summed E-state index contributed by atoms with van der Waals surface area (Å²) in [6, 6.07) is 8.29. The summed E-state index contributed by atoms with van der Waals surface area (Å²) in [6.07, 6.45) is 7.19. The summed E-state index contributed by atoms with van der Waals surface area (Å²) in [5, 5.41) is 3.37. The first-order valence-electron chi connectivity index (χ1n) is 7.23. The lowest BCUT2D eigenvalue weighted by atomic mass is 9.77. The van der Waals surface area contributed by atoms with Gasteiger partial charge in [0.1, 0.15) is 0 Å². The number of piperidine rings is 1. The molecule has 1 aromatic carbocycles. The molecule has 0 amide bonds. The zero-order valence-electron chi connectivity index (χ0n) is 10.8. The van der Waals surface area contributed by atoms with Crippen LogP contribution in [0.2, 0.25) is 0 Å². The third-order valence-corrected chi connectivity index (χ3v) is 4.40. The van der Waals surface area contributed by atoms with Gasteiger partial charge in [0.05, 0.1) is 6.04 Å². The van der Waals surface area contributed by atoms with Crippen molar-refractivity contribution in [1.29, 1.82) is 0 Å². The molecule has 96 valence electrons. The van der Waals surface area contributed by atoms with Crippen LogP contribution in [0.15, 0.2) is 24.3 Å². The van der Waals surface area contributed by atoms with Crippen LogP contribution >= 0.6 is 0 Å². The van der Waals surface area contributed by atoms with Gasteiger partial charge in [-0.15, -0.1) is 0 Å². The van der Waals surface area contributed by atoms with E-state index in [1.165, 1.54) is 37.7 Å². The van der Waals surface area contributed by atoms with Gasteiger partial charge in [0.15, 0.2) is 5.78 Å². The van der Waals surface area contributed by atoms with Gasteiger partial charge in [-0.3, -0.25) is 4.79 Å². The van der Waals surface area contributed by atoms with E-state index in [-0.39, 0.29) is 6.04 Å². The molecule has 18 heavy (non-hydrogen) atoms. The molecule has 1 saturated carbocycles. The first-order valence-corrected chi connectivity index (χ1v) is 7.23. The lowest BCUT2D eigenvalue weighted by Crippen LogP contribution is -2.40. The molecule has 1 atom stereocenters. The van der Waals surface area contributed by atoms with E-state index < -0.39 is 0 Å². The maximum absolute atomic E-state index is 12.6. The molecular weight excluding hydrogens is 222 g/mol. The number of Topliss-reactive ketones (excluding diaryl/α,β-unsaturated/α-hetero) is 1. The zero-order chi connectivity index (χ0) is 12.4. The maximum Gasteiger partial charge on any atom is 0.180 e. The smallest absolute Gasteiger partial charge is 0.180 e. The predicted octanol–water partition coefficient (Wildman–Crippen LogP) is 3.28. The number of hydrogen-bond acceptors (Lipinski definition) is 2. The maximum atomic E-state index is 12.6. The number of carbonyl (C=O) groups is 1. The van der Waals surface area contributed by atoms with Gasteiger partial charge in [-0.1, -0.05) is 37.1 Å². The Morgan fingerprint density at radius 2 is 1.89 bits per heavy atom. The van der Waals surface area contributed by atoms with E-state index in [9.17, 15) is 4.79 Å². The SMILES string of the molecule is O=C(c1ccccc1C1CCC1)C1CCCCN1. The first-order chi connectivity index (χ1) is 8.86. The van der Waals surface area contributed by atoms with Gasteiger partial charge in [-0.25, -0.2) is 0 Å². The van der Waals surface area contributed by atoms with Gasteiger partial charge in [-0.2, -0.15) is 0 Å².